The van der Waals surface area contributed by atoms with Gasteiger partial charge >= 0.3 is 6.03 Å². The van der Waals surface area contributed by atoms with E-state index in [2.05, 4.69) is 55.7 Å². The van der Waals surface area contributed by atoms with Crippen molar-refractivity contribution in [2.45, 2.75) is 38.4 Å². The fraction of sp³-hybridized carbons (Fsp3) is 0.381. The molecule has 4 nitrogen and oxygen atoms in total. The van der Waals surface area contributed by atoms with Gasteiger partial charge in [-0.05, 0) is 37.0 Å². The molecule has 138 valence electrons. The number of likely N-dealkylation sites (tertiary alicyclic amines) is 1. The summed E-state index contributed by atoms with van der Waals surface area (Å²) in [6.45, 7) is 5.01. The van der Waals surface area contributed by atoms with Crippen molar-refractivity contribution < 1.29 is 4.79 Å². The molecule has 1 heterocycles. The highest BCUT2D eigenvalue weighted by Gasteiger charge is 2.21. The second kappa shape index (κ2) is 9.19. The van der Waals surface area contributed by atoms with E-state index in [0.29, 0.717) is 0 Å². The summed E-state index contributed by atoms with van der Waals surface area (Å²) in [4.78, 5) is 14.8. The molecule has 1 unspecified atom stereocenters. The van der Waals surface area contributed by atoms with Crippen LogP contribution in [0.3, 0.4) is 0 Å². The predicted molar refractivity (Wildman–Crippen MR) is 109 cm³/mol. The van der Waals surface area contributed by atoms with E-state index in [1.807, 2.05) is 37.3 Å². The number of nitrogens with zero attached hydrogens (tertiary/aromatic N) is 1. The highest BCUT2D eigenvalue weighted by molar-refractivity contribution is 9.10. The van der Waals surface area contributed by atoms with Gasteiger partial charge < -0.3 is 10.6 Å². The summed E-state index contributed by atoms with van der Waals surface area (Å²) < 4.78 is 1.02. The first kappa shape index (κ1) is 18.9. The van der Waals surface area contributed by atoms with Crippen molar-refractivity contribution in [3.05, 3.63) is 70.2 Å². The third kappa shape index (κ3) is 5.32. The van der Waals surface area contributed by atoms with E-state index in [1.54, 1.807) is 0 Å². The smallest absolute Gasteiger partial charge is 0.315 e. The van der Waals surface area contributed by atoms with Gasteiger partial charge in [0, 0.05) is 30.1 Å². The molecule has 0 spiro atoms. The van der Waals surface area contributed by atoms with Crippen LogP contribution < -0.4 is 10.6 Å². The lowest BCUT2D eigenvalue weighted by Gasteiger charge is -2.32. The summed E-state index contributed by atoms with van der Waals surface area (Å²) in [5.74, 6) is 0. The first-order valence-corrected chi connectivity index (χ1v) is 9.99. The lowest BCUT2D eigenvalue weighted by molar-refractivity contribution is 0.186. The molecule has 5 heteroatoms. The van der Waals surface area contributed by atoms with Gasteiger partial charge in [-0.1, -0.05) is 64.5 Å². The quantitative estimate of drug-likeness (QED) is 0.755. The summed E-state index contributed by atoms with van der Waals surface area (Å²) in [7, 11) is 0. The van der Waals surface area contributed by atoms with E-state index in [0.717, 1.165) is 42.5 Å². The summed E-state index contributed by atoms with van der Waals surface area (Å²) in [5, 5.41) is 6.17. The SMILES string of the molecule is CC(NC(=O)NC1CCN(Cc2ccccc2)CC1)c1ccccc1Br. The van der Waals surface area contributed by atoms with Crippen molar-refractivity contribution in [3.63, 3.8) is 0 Å². The number of piperidine rings is 1. The van der Waals surface area contributed by atoms with Crippen molar-refractivity contribution >= 4 is 22.0 Å². The first-order valence-electron chi connectivity index (χ1n) is 9.19. The normalized spacial score (nSPS) is 16.8. The molecule has 2 aromatic carbocycles. The molecule has 0 saturated carbocycles. The Hall–Kier alpha value is -1.85. The molecule has 1 fully saturated rings. The molecule has 0 aliphatic carbocycles. The summed E-state index contributed by atoms with van der Waals surface area (Å²) in [5.41, 5.74) is 2.43. The number of nitrogens with one attached hydrogen (secondary N) is 2. The Morgan fingerprint density at radius 3 is 2.46 bits per heavy atom. The van der Waals surface area contributed by atoms with Gasteiger partial charge in [-0.3, -0.25) is 4.90 Å². The van der Waals surface area contributed by atoms with Crippen molar-refractivity contribution in [1.82, 2.24) is 15.5 Å². The van der Waals surface area contributed by atoms with Crippen LogP contribution in [0.25, 0.3) is 0 Å². The molecular weight excluding hydrogens is 390 g/mol. The molecular formula is C21H26BrN3O. The molecule has 0 bridgehead atoms. The maximum absolute atomic E-state index is 12.3. The molecule has 0 radical (unpaired) electrons. The highest BCUT2D eigenvalue weighted by Crippen LogP contribution is 2.22. The third-order valence-electron chi connectivity index (χ3n) is 4.89. The molecule has 0 aromatic heterocycles. The minimum atomic E-state index is -0.0882. The molecule has 2 aromatic rings. The zero-order chi connectivity index (χ0) is 18.4. The fourth-order valence-corrected chi connectivity index (χ4v) is 4.03. The Morgan fingerprint density at radius 2 is 1.77 bits per heavy atom. The monoisotopic (exact) mass is 415 g/mol. The van der Waals surface area contributed by atoms with Crippen LogP contribution in [0.15, 0.2) is 59.1 Å². The van der Waals surface area contributed by atoms with Crippen molar-refractivity contribution in [1.29, 1.82) is 0 Å². The Kier molecular flexibility index (Phi) is 6.69. The number of amides is 2. The average Bonchev–Trinajstić information content (AvgIpc) is 2.64. The Bertz CT molecular complexity index is 714. The highest BCUT2D eigenvalue weighted by atomic mass is 79.9. The Morgan fingerprint density at radius 1 is 1.12 bits per heavy atom. The number of hydrogen-bond acceptors (Lipinski definition) is 2. The van der Waals surface area contributed by atoms with E-state index in [4.69, 9.17) is 0 Å². The van der Waals surface area contributed by atoms with Gasteiger partial charge in [0.25, 0.3) is 0 Å². The largest absolute Gasteiger partial charge is 0.335 e. The van der Waals surface area contributed by atoms with Gasteiger partial charge in [-0.25, -0.2) is 4.79 Å². The topological polar surface area (TPSA) is 44.4 Å². The van der Waals surface area contributed by atoms with Crippen LogP contribution in [0, 0.1) is 0 Å². The minimum absolute atomic E-state index is 0.0382. The van der Waals surface area contributed by atoms with Crippen LogP contribution in [-0.4, -0.2) is 30.1 Å². The summed E-state index contributed by atoms with van der Waals surface area (Å²) >= 11 is 3.54. The number of urea groups is 1. The number of benzene rings is 2. The minimum Gasteiger partial charge on any atom is -0.335 e. The number of carbonyl (C=O) groups is 1. The Labute approximate surface area is 164 Å². The maximum atomic E-state index is 12.3. The predicted octanol–water partition coefficient (Wildman–Crippen LogP) is 4.47. The average molecular weight is 416 g/mol. The maximum Gasteiger partial charge on any atom is 0.315 e. The zero-order valence-electron chi connectivity index (χ0n) is 15.1. The number of rotatable bonds is 5. The van der Waals surface area contributed by atoms with Crippen LogP contribution in [0.5, 0.6) is 0 Å². The van der Waals surface area contributed by atoms with Gasteiger partial charge in [0.1, 0.15) is 0 Å². The zero-order valence-corrected chi connectivity index (χ0v) is 16.7. The summed E-state index contributed by atoms with van der Waals surface area (Å²) in [6, 6.07) is 18.6. The molecule has 3 rings (SSSR count). The first-order chi connectivity index (χ1) is 12.6. The lowest BCUT2D eigenvalue weighted by Crippen LogP contribution is -2.48. The van der Waals surface area contributed by atoms with Crippen LogP contribution in [0.2, 0.25) is 0 Å². The standard InChI is InChI=1S/C21H26BrN3O/c1-16(19-9-5-6-10-20(19)22)23-21(26)24-18-11-13-25(14-12-18)15-17-7-3-2-4-8-17/h2-10,16,18H,11-15H2,1H3,(H2,23,24,26). The van der Waals surface area contributed by atoms with Crippen LogP contribution >= 0.6 is 15.9 Å². The molecule has 1 atom stereocenters. The van der Waals surface area contributed by atoms with Crippen LogP contribution in [-0.2, 0) is 6.54 Å². The molecule has 1 aliphatic rings. The van der Waals surface area contributed by atoms with Crippen molar-refractivity contribution in [2.24, 2.45) is 0 Å². The number of halogens is 1. The van der Waals surface area contributed by atoms with Crippen molar-refractivity contribution in [3.8, 4) is 0 Å². The van der Waals surface area contributed by atoms with Crippen LogP contribution in [0.4, 0.5) is 4.79 Å². The fourth-order valence-electron chi connectivity index (χ4n) is 3.40. The van der Waals surface area contributed by atoms with Gasteiger partial charge in [0.2, 0.25) is 0 Å². The summed E-state index contributed by atoms with van der Waals surface area (Å²) in [6.07, 6.45) is 1.98. The van der Waals surface area contributed by atoms with E-state index in [-0.39, 0.29) is 18.1 Å². The molecule has 26 heavy (non-hydrogen) atoms. The van der Waals surface area contributed by atoms with E-state index < -0.39 is 0 Å². The van der Waals surface area contributed by atoms with E-state index >= 15 is 0 Å². The van der Waals surface area contributed by atoms with Gasteiger partial charge in [-0.15, -0.1) is 0 Å². The molecule has 2 N–H and O–H groups in total. The molecule has 1 saturated heterocycles. The third-order valence-corrected chi connectivity index (χ3v) is 5.61. The van der Waals surface area contributed by atoms with Gasteiger partial charge in [0.05, 0.1) is 6.04 Å². The number of hydrogen-bond donors (Lipinski definition) is 2. The number of carbonyl (C=O) groups excluding carboxylic acids is 1. The van der Waals surface area contributed by atoms with Crippen LogP contribution in [0.1, 0.15) is 36.9 Å². The molecule has 2 amide bonds. The Balaban J connectivity index is 1.43. The molecule has 1 aliphatic heterocycles. The van der Waals surface area contributed by atoms with Gasteiger partial charge in [-0.2, -0.15) is 0 Å². The van der Waals surface area contributed by atoms with E-state index in [1.165, 1.54) is 5.56 Å². The lowest BCUT2D eigenvalue weighted by atomic mass is 10.0. The van der Waals surface area contributed by atoms with E-state index in [9.17, 15) is 4.79 Å². The second-order valence-corrected chi connectivity index (χ2v) is 7.75. The second-order valence-electron chi connectivity index (χ2n) is 6.90. The van der Waals surface area contributed by atoms with Crippen molar-refractivity contribution in [2.75, 3.05) is 13.1 Å². The van der Waals surface area contributed by atoms with Gasteiger partial charge in [0.15, 0.2) is 0 Å².